The van der Waals surface area contributed by atoms with E-state index in [9.17, 15) is 0 Å². The molecular weight excluding hydrogens is 204 g/mol. The number of rotatable bonds is 2. The molecule has 0 amide bonds. The van der Waals surface area contributed by atoms with Crippen LogP contribution in [0.2, 0.25) is 0 Å². The second-order valence-corrected chi connectivity index (χ2v) is 3.99. The van der Waals surface area contributed by atoms with Crippen molar-refractivity contribution in [3.05, 3.63) is 11.1 Å². The molecule has 0 spiro atoms. The Labute approximate surface area is 88.3 Å². The molecule has 0 saturated carbocycles. The van der Waals surface area contributed by atoms with Crippen LogP contribution in [-0.2, 0) is 4.74 Å². The van der Waals surface area contributed by atoms with Gasteiger partial charge < -0.3 is 15.4 Å². The van der Waals surface area contributed by atoms with Crippen molar-refractivity contribution in [1.82, 2.24) is 4.90 Å². The predicted molar refractivity (Wildman–Crippen MR) is 60.8 cm³/mol. The monoisotopic (exact) mass is 218 g/mol. The molecule has 1 rings (SSSR count). The van der Waals surface area contributed by atoms with Gasteiger partial charge in [-0.15, -0.1) is 11.8 Å². The lowest BCUT2D eigenvalue weighted by Gasteiger charge is -2.27. The van der Waals surface area contributed by atoms with Crippen LogP contribution in [0.5, 0.6) is 0 Å². The summed E-state index contributed by atoms with van der Waals surface area (Å²) in [6, 6.07) is 0. The summed E-state index contributed by atoms with van der Waals surface area (Å²) in [7, 11) is 0. The Balaban J connectivity index is 2.46. The highest BCUT2D eigenvalue weighted by Gasteiger charge is 2.11. The molecule has 1 aliphatic heterocycles. The molecule has 5 heteroatoms. The highest BCUT2D eigenvalue weighted by atomic mass is 32.2. The van der Waals surface area contributed by atoms with Crippen LogP contribution >= 0.6 is 24.0 Å². The quantitative estimate of drug-likeness (QED) is 0.548. The zero-order valence-electron chi connectivity index (χ0n) is 7.66. The minimum absolute atomic E-state index is 0.757. The summed E-state index contributed by atoms with van der Waals surface area (Å²) in [5, 5.41) is 0.761. The van der Waals surface area contributed by atoms with E-state index in [1.807, 2.05) is 12.3 Å². The van der Waals surface area contributed by atoms with Crippen molar-refractivity contribution in [3.8, 4) is 0 Å². The maximum absolute atomic E-state index is 5.66. The smallest absolute Gasteiger partial charge is 0.104 e. The van der Waals surface area contributed by atoms with E-state index < -0.39 is 0 Å². The van der Waals surface area contributed by atoms with E-state index in [4.69, 9.17) is 22.7 Å². The van der Waals surface area contributed by atoms with Crippen LogP contribution in [0.15, 0.2) is 11.1 Å². The zero-order valence-corrected chi connectivity index (χ0v) is 9.29. The summed E-state index contributed by atoms with van der Waals surface area (Å²) < 4.78 is 5.22. The predicted octanol–water partition coefficient (Wildman–Crippen LogP) is 0.809. The molecule has 0 radical (unpaired) electrons. The van der Waals surface area contributed by atoms with Crippen molar-refractivity contribution in [2.45, 2.75) is 0 Å². The number of hydrogen-bond acceptors (Lipinski definition) is 4. The molecule has 74 valence electrons. The van der Waals surface area contributed by atoms with Crippen molar-refractivity contribution < 1.29 is 4.74 Å². The Hall–Kier alpha value is -0.260. The average Bonchev–Trinajstić information content (AvgIpc) is 2.19. The Bertz CT molecular complexity index is 212. The Morgan fingerprint density at radius 1 is 1.54 bits per heavy atom. The van der Waals surface area contributed by atoms with E-state index in [0.717, 1.165) is 36.3 Å². The summed E-state index contributed by atoms with van der Waals surface area (Å²) in [5.41, 5.74) is 5.66. The van der Waals surface area contributed by atoms with Gasteiger partial charge in [0.25, 0.3) is 0 Å². The number of thiocarbonyl (C=S) groups is 1. The van der Waals surface area contributed by atoms with Crippen LogP contribution in [0.3, 0.4) is 0 Å². The van der Waals surface area contributed by atoms with E-state index in [2.05, 4.69) is 4.90 Å². The van der Waals surface area contributed by atoms with E-state index in [0.29, 0.717) is 0 Å². The Kier molecular flexibility index (Phi) is 4.55. The van der Waals surface area contributed by atoms with Gasteiger partial charge in [0.2, 0.25) is 0 Å². The van der Waals surface area contributed by atoms with Gasteiger partial charge in [-0.1, -0.05) is 12.2 Å². The van der Waals surface area contributed by atoms with Gasteiger partial charge in [-0.25, -0.2) is 0 Å². The van der Waals surface area contributed by atoms with E-state index in [1.165, 1.54) is 11.8 Å². The third-order valence-electron chi connectivity index (χ3n) is 1.82. The minimum Gasteiger partial charge on any atom is -0.393 e. The molecule has 1 saturated heterocycles. The first-order valence-corrected chi connectivity index (χ1v) is 5.75. The van der Waals surface area contributed by atoms with Crippen molar-refractivity contribution in [2.24, 2.45) is 5.73 Å². The lowest BCUT2D eigenvalue weighted by Crippen LogP contribution is -2.39. The number of morpholine rings is 1. The SMILES string of the molecule is CSC(N)=CC(=S)N1CCOCC1. The summed E-state index contributed by atoms with van der Waals surface area (Å²) >= 11 is 6.73. The average molecular weight is 218 g/mol. The first-order valence-electron chi connectivity index (χ1n) is 4.12. The molecule has 2 N–H and O–H groups in total. The fourth-order valence-corrected chi connectivity index (χ4v) is 1.67. The fourth-order valence-electron chi connectivity index (χ4n) is 1.06. The van der Waals surface area contributed by atoms with E-state index in [1.54, 1.807) is 0 Å². The molecule has 0 atom stereocenters. The van der Waals surface area contributed by atoms with Gasteiger partial charge in [0.15, 0.2) is 0 Å². The molecule has 0 unspecified atom stereocenters. The topological polar surface area (TPSA) is 38.5 Å². The van der Waals surface area contributed by atoms with Crippen LogP contribution in [0.4, 0.5) is 0 Å². The van der Waals surface area contributed by atoms with Gasteiger partial charge in [0, 0.05) is 19.2 Å². The van der Waals surface area contributed by atoms with E-state index >= 15 is 0 Å². The second kappa shape index (κ2) is 5.47. The molecule has 0 aromatic rings. The second-order valence-electron chi connectivity index (χ2n) is 2.69. The lowest BCUT2D eigenvalue weighted by atomic mass is 10.4. The minimum atomic E-state index is 0.757. The van der Waals surface area contributed by atoms with Crippen molar-refractivity contribution in [1.29, 1.82) is 0 Å². The summed E-state index contributed by atoms with van der Waals surface area (Å²) in [6.45, 7) is 3.26. The molecule has 0 aromatic heterocycles. The normalized spacial score (nSPS) is 18.8. The van der Waals surface area contributed by atoms with Crippen molar-refractivity contribution in [3.63, 3.8) is 0 Å². The molecule has 3 nitrogen and oxygen atoms in total. The van der Waals surface area contributed by atoms with Crippen LogP contribution in [0.25, 0.3) is 0 Å². The Morgan fingerprint density at radius 3 is 2.69 bits per heavy atom. The van der Waals surface area contributed by atoms with Gasteiger partial charge in [-0.2, -0.15) is 0 Å². The van der Waals surface area contributed by atoms with Crippen LogP contribution < -0.4 is 5.73 Å². The third kappa shape index (κ3) is 3.54. The first-order chi connectivity index (χ1) is 6.24. The standard InChI is InChI=1S/C8H14N2OS2/c1-13-7(9)6-8(12)10-2-4-11-5-3-10/h6H,2-5,9H2,1H3. The third-order valence-corrected chi connectivity index (χ3v) is 2.79. The lowest BCUT2D eigenvalue weighted by molar-refractivity contribution is 0.0694. The van der Waals surface area contributed by atoms with Crippen molar-refractivity contribution in [2.75, 3.05) is 32.6 Å². The molecule has 13 heavy (non-hydrogen) atoms. The van der Waals surface area contributed by atoms with Crippen LogP contribution in [-0.4, -0.2) is 42.4 Å². The zero-order chi connectivity index (χ0) is 9.68. The molecular formula is C8H14N2OS2. The van der Waals surface area contributed by atoms with Crippen LogP contribution in [0.1, 0.15) is 0 Å². The van der Waals surface area contributed by atoms with Crippen LogP contribution in [0, 0.1) is 0 Å². The number of hydrogen-bond donors (Lipinski definition) is 1. The maximum atomic E-state index is 5.66. The van der Waals surface area contributed by atoms with Gasteiger partial charge >= 0.3 is 0 Å². The summed E-state index contributed by atoms with van der Waals surface area (Å²) in [5.74, 6) is 0. The summed E-state index contributed by atoms with van der Waals surface area (Å²) in [4.78, 5) is 2.93. The van der Waals surface area contributed by atoms with Gasteiger partial charge in [-0.3, -0.25) is 0 Å². The maximum Gasteiger partial charge on any atom is 0.104 e. The number of nitrogens with two attached hydrogens (primary N) is 1. The molecule has 0 bridgehead atoms. The molecule has 0 aromatic carbocycles. The fraction of sp³-hybridized carbons (Fsp3) is 0.625. The highest BCUT2D eigenvalue weighted by Crippen LogP contribution is 2.06. The summed E-state index contributed by atoms with van der Waals surface area (Å²) in [6.07, 6.45) is 3.78. The Morgan fingerprint density at radius 2 is 2.15 bits per heavy atom. The number of nitrogens with zero attached hydrogens (tertiary/aromatic N) is 1. The number of ether oxygens (including phenoxy) is 1. The van der Waals surface area contributed by atoms with Gasteiger partial charge in [-0.05, 0) is 6.26 Å². The van der Waals surface area contributed by atoms with Crippen molar-refractivity contribution >= 4 is 29.0 Å². The van der Waals surface area contributed by atoms with Gasteiger partial charge in [0.05, 0.1) is 18.2 Å². The molecule has 0 aliphatic carbocycles. The largest absolute Gasteiger partial charge is 0.393 e. The highest BCUT2D eigenvalue weighted by molar-refractivity contribution is 8.02. The molecule has 1 heterocycles. The first kappa shape index (κ1) is 10.8. The van der Waals surface area contributed by atoms with E-state index in [-0.39, 0.29) is 0 Å². The van der Waals surface area contributed by atoms with Gasteiger partial charge in [0.1, 0.15) is 4.99 Å². The molecule has 1 fully saturated rings. The number of thioether (sulfide) groups is 1. The molecule has 1 aliphatic rings.